The first-order valence-electron chi connectivity index (χ1n) is 6.68. The minimum Gasteiger partial charge on any atom is -0.444 e. The van der Waals surface area contributed by atoms with Gasteiger partial charge in [-0.1, -0.05) is 0 Å². The third kappa shape index (κ3) is 4.82. The van der Waals surface area contributed by atoms with Crippen LogP contribution in [0.15, 0.2) is 0 Å². The molecule has 0 spiro atoms. The Morgan fingerprint density at radius 3 is 2.78 bits per heavy atom. The predicted molar refractivity (Wildman–Crippen MR) is 70.2 cm³/mol. The molecule has 0 radical (unpaired) electrons. The third-order valence-corrected chi connectivity index (χ3v) is 3.18. The minimum absolute atomic E-state index is 0.0414. The van der Waals surface area contributed by atoms with Gasteiger partial charge in [-0.3, -0.25) is 0 Å². The van der Waals surface area contributed by atoms with Gasteiger partial charge >= 0.3 is 6.09 Å². The highest BCUT2D eigenvalue weighted by Gasteiger charge is 2.30. The van der Waals surface area contributed by atoms with E-state index < -0.39 is 5.60 Å². The first-order chi connectivity index (χ1) is 8.33. The summed E-state index contributed by atoms with van der Waals surface area (Å²) in [6.45, 7) is 7.06. The molecule has 0 aromatic rings. The Balaban J connectivity index is 2.50. The summed E-state index contributed by atoms with van der Waals surface area (Å²) in [5, 5.41) is 8.91. The molecule has 18 heavy (non-hydrogen) atoms. The van der Waals surface area contributed by atoms with E-state index >= 15 is 0 Å². The van der Waals surface area contributed by atoms with Gasteiger partial charge in [-0.25, -0.2) is 4.79 Å². The van der Waals surface area contributed by atoms with Crippen molar-refractivity contribution in [1.29, 1.82) is 0 Å². The lowest BCUT2D eigenvalue weighted by molar-refractivity contribution is 0.0148. The summed E-state index contributed by atoms with van der Waals surface area (Å²) in [7, 11) is 0. The fourth-order valence-corrected chi connectivity index (χ4v) is 2.24. The van der Waals surface area contributed by atoms with Gasteiger partial charge in [0.25, 0.3) is 0 Å². The van der Waals surface area contributed by atoms with E-state index in [2.05, 4.69) is 0 Å². The average molecular weight is 258 g/mol. The maximum absolute atomic E-state index is 12.0. The van der Waals surface area contributed by atoms with Crippen LogP contribution in [0.1, 0.15) is 40.0 Å². The number of piperidine rings is 1. The number of aliphatic hydroxyl groups excluding tert-OH is 1. The average Bonchev–Trinajstić information content (AvgIpc) is 2.27. The zero-order chi connectivity index (χ0) is 13.8. The second kappa shape index (κ2) is 6.38. The van der Waals surface area contributed by atoms with Gasteiger partial charge in [0.15, 0.2) is 0 Å². The molecule has 5 heteroatoms. The van der Waals surface area contributed by atoms with E-state index in [1.165, 1.54) is 0 Å². The van der Waals surface area contributed by atoms with Gasteiger partial charge in [0.05, 0.1) is 0 Å². The molecule has 1 aliphatic heterocycles. The summed E-state index contributed by atoms with van der Waals surface area (Å²) in [4.78, 5) is 13.7. The molecule has 0 aromatic carbocycles. The second-order valence-electron chi connectivity index (χ2n) is 6.00. The molecule has 1 rings (SSSR count). The van der Waals surface area contributed by atoms with Crippen molar-refractivity contribution in [2.75, 3.05) is 19.7 Å². The number of ether oxygens (including phenoxy) is 1. The highest BCUT2D eigenvalue weighted by atomic mass is 16.6. The Bertz CT molecular complexity index is 276. The number of hydrogen-bond donors (Lipinski definition) is 2. The number of nitrogens with zero attached hydrogens (tertiary/aromatic N) is 1. The van der Waals surface area contributed by atoms with Crippen LogP contribution in [-0.2, 0) is 4.74 Å². The zero-order valence-electron chi connectivity index (χ0n) is 11.7. The number of carbonyl (C=O) groups excluding carboxylic acids is 1. The van der Waals surface area contributed by atoms with Crippen LogP contribution in [0.25, 0.3) is 0 Å². The quantitative estimate of drug-likeness (QED) is 0.801. The largest absolute Gasteiger partial charge is 0.444 e. The summed E-state index contributed by atoms with van der Waals surface area (Å²) < 4.78 is 5.36. The number of amides is 1. The summed E-state index contributed by atoms with van der Waals surface area (Å²) in [6, 6.07) is -0.0414. The molecule has 1 saturated heterocycles. The van der Waals surface area contributed by atoms with E-state index in [1.807, 2.05) is 20.8 Å². The zero-order valence-corrected chi connectivity index (χ0v) is 11.7. The van der Waals surface area contributed by atoms with Gasteiger partial charge in [-0.05, 0) is 46.0 Å². The lowest BCUT2D eigenvalue weighted by Gasteiger charge is -2.36. The highest BCUT2D eigenvalue weighted by Crippen LogP contribution is 2.22. The second-order valence-corrected chi connectivity index (χ2v) is 6.00. The molecule has 1 amide bonds. The van der Waals surface area contributed by atoms with Crippen LogP contribution in [0.5, 0.6) is 0 Å². The first-order valence-corrected chi connectivity index (χ1v) is 6.68. The molecular formula is C13H26N2O3. The van der Waals surface area contributed by atoms with Crippen LogP contribution < -0.4 is 5.73 Å². The molecule has 1 fully saturated rings. The number of likely N-dealkylation sites (tertiary alicyclic amines) is 1. The van der Waals surface area contributed by atoms with Crippen LogP contribution in [0.4, 0.5) is 4.79 Å². The highest BCUT2D eigenvalue weighted by molar-refractivity contribution is 5.68. The van der Waals surface area contributed by atoms with Crippen LogP contribution in [0, 0.1) is 5.92 Å². The van der Waals surface area contributed by atoms with E-state index in [9.17, 15) is 4.79 Å². The van der Waals surface area contributed by atoms with Gasteiger partial charge in [0.2, 0.25) is 0 Å². The number of hydrogen-bond acceptors (Lipinski definition) is 4. The summed E-state index contributed by atoms with van der Waals surface area (Å²) >= 11 is 0. The van der Waals surface area contributed by atoms with Crippen molar-refractivity contribution in [3.63, 3.8) is 0 Å². The number of nitrogens with two attached hydrogens (primary N) is 1. The molecule has 5 nitrogen and oxygen atoms in total. The molecule has 0 aliphatic carbocycles. The van der Waals surface area contributed by atoms with E-state index in [0.29, 0.717) is 13.0 Å². The number of aliphatic hydroxyl groups is 1. The number of rotatable bonds is 3. The molecular weight excluding hydrogens is 232 g/mol. The van der Waals surface area contributed by atoms with Crippen LogP contribution in [0.3, 0.4) is 0 Å². The third-order valence-electron chi connectivity index (χ3n) is 3.18. The van der Waals surface area contributed by atoms with Gasteiger partial charge < -0.3 is 20.5 Å². The molecule has 106 valence electrons. The number of carbonyl (C=O) groups is 1. The van der Waals surface area contributed by atoms with E-state index in [0.717, 1.165) is 19.4 Å². The minimum atomic E-state index is -0.461. The maximum Gasteiger partial charge on any atom is 0.410 e. The fraction of sp³-hybridized carbons (Fsp3) is 0.923. The van der Waals surface area contributed by atoms with E-state index in [-0.39, 0.29) is 24.7 Å². The molecule has 0 aromatic heterocycles. The smallest absolute Gasteiger partial charge is 0.410 e. The van der Waals surface area contributed by atoms with Crippen molar-refractivity contribution in [2.24, 2.45) is 11.7 Å². The fourth-order valence-electron chi connectivity index (χ4n) is 2.24. The molecule has 0 saturated carbocycles. The van der Waals surface area contributed by atoms with Crippen LogP contribution in [0.2, 0.25) is 0 Å². The standard InChI is InChI=1S/C13H26N2O3/c1-13(2,3)18-12(17)15-7-4-5-10(9-15)11(14)6-8-16/h10-11,16H,4-9,14H2,1-3H3/t10-,11-/m0/s1. The summed E-state index contributed by atoms with van der Waals surface area (Å²) in [5.41, 5.74) is 5.55. The molecule has 0 bridgehead atoms. The lowest BCUT2D eigenvalue weighted by atomic mass is 9.90. The van der Waals surface area contributed by atoms with Crippen molar-refractivity contribution < 1.29 is 14.6 Å². The molecule has 2 atom stereocenters. The summed E-state index contributed by atoms with van der Waals surface area (Å²) in [6.07, 6.45) is 2.29. The van der Waals surface area contributed by atoms with Crippen molar-refractivity contribution in [2.45, 2.75) is 51.7 Å². The Kier molecular flexibility index (Phi) is 5.41. The molecule has 3 N–H and O–H groups in total. The van der Waals surface area contributed by atoms with Crippen molar-refractivity contribution in [1.82, 2.24) is 4.90 Å². The van der Waals surface area contributed by atoms with Gasteiger partial charge in [-0.2, -0.15) is 0 Å². The SMILES string of the molecule is CC(C)(C)OC(=O)N1CCC[C@H]([C@@H](N)CCO)C1. The Morgan fingerprint density at radius 2 is 2.22 bits per heavy atom. The van der Waals surface area contributed by atoms with Crippen LogP contribution in [-0.4, -0.2) is 47.4 Å². The van der Waals surface area contributed by atoms with E-state index in [4.69, 9.17) is 15.6 Å². The first kappa shape index (κ1) is 15.2. The molecule has 1 aliphatic rings. The van der Waals surface area contributed by atoms with Crippen molar-refractivity contribution >= 4 is 6.09 Å². The van der Waals surface area contributed by atoms with Crippen molar-refractivity contribution in [3.8, 4) is 0 Å². The maximum atomic E-state index is 12.0. The van der Waals surface area contributed by atoms with Gasteiger partial charge in [0.1, 0.15) is 5.60 Å². The van der Waals surface area contributed by atoms with E-state index in [1.54, 1.807) is 4.90 Å². The topological polar surface area (TPSA) is 75.8 Å². The van der Waals surface area contributed by atoms with Gasteiger partial charge in [-0.15, -0.1) is 0 Å². The Morgan fingerprint density at radius 1 is 1.56 bits per heavy atom. The lowest BCUT2D eigenvalue weighted by Crippen LogP contribution is -2.47. The molecule has 1 heterocycles. The monoisotopic (exact) mass is 258 g/mol. The molecule has 0 unspecified atom stereocenters. The van der Waals surface area contributed by atoms with Gasteiger partial charge in [0, 0.05) is 25.7 Å². The Hall–Kier alpha value is -0.810. The summed E-state index contributed by atoms with van der Waals surface area (Å²) in [5.74, 6) is 0.262. The Labute approximate surface area is 109 Å². The predicted octanol–water partition coefficient (Wildman–Crippen LogP) is 1.34. The van der Waals surface area contributed by atoms with Crippen LogP contribution >= 0.6 is 0 Å². The normalized spacial score (nSPS) is 22.7. The van der Waals surface area contributed by atoms with Crippen molar-refractivity contribution in [3.05, 3.63) is 0 Å².